The Labute approximate surface area is 118 Å². The lowest BCUT2D eigenvalue weighted by Crippen LogP contribution is -2.12. The van der Waals surface area contributed by atoms with Crippen LogP contribution in [-0.4, -0.2) is 11.5 Å². The molecule has 2 aromatic rings. The lowest BCUT2D eigenvalue weighted by Gasteiger charge is -2.10. The highest BCUT2D eigenvalue weighted by Gasteiger charge is 2.07. The summed E-state index contributed by atoms with van der Waals surface area (Å²) in [5.74, 6) is 0.243. The van der Waals surface area contributed by atoms with Gasteiger partial charge in [-0.15, -0.1) is 0 Å². The van der Waals surface area contributed by atoms with Gasteiger partial charge in [0, 0.05) is 18.3 Å². The largest absolute Gasteiger partial charge is 0.436 e. The summed E-state index contributed by atoms with van der Waals surface area (Å²) in [6, 6.07) is 8.60. The number of ether oxygens (including phenoxy) is 1. The molecule has 106 valence electrons. The van der Waals surface area contributed by atoms with E-state index in [1.807, 2.05) is 32.9 Å². The Kier molecular flexibility index (Phi) is 4.69. The van der Waals surface area contributed by atoms with Crippen LogP contribution in [0.5, 0.6) is 11.6 Å². The van der Waals surface area contributed by atoms with Gasteiger partial charge in [-0.2, -0.15) is 0 Å². The summed E-state index contributed by atoms with van der Waals surface area (Å²) in [7, 11) is 0. The molecule has 0 saturated carbocycles. The molecule has 0 fully saturated rings. The molecule has 2 rings (SSSR count). The number of hydrogen-bond donors (Lipinski definition) is 1. The second kappa shape index (κ2) is 6.48. The standard InChI is InChI=1S/C16H19FN2O/c1-4-18-10-13-8-12(3)19-16(9-13)20-15-7-11(2)5-6-14(15)17/h5-9,18H,4,10H2,1-3H3. The molecule has 0 bridgehead atoms. The molecule has 1 aromatic heterocycles. The maximum absolute atomic E-state index is 13.7. The molecule has 0 amide bonds. The van der Waals surface area contributed by atoms with Crippen LogP contribution in [-0.2, 0) is 6.54 Å². The van der Waals surface area contributed by atoms with Gasteiger partial charge < -0.3 is 10.1 Å². The third-order valence-electron chi connectivity index (χ3n) is 2.87. The number of aryl methyl sites for hydroxylation is 2. The van der Waals surface area contributed by atoms with Crippen LogP contribution in [0.3, 0.4) is 0 Å². The highest BCUT2D eigenvalue weighted by atomic mass is 19.1. The quantitative estimate of drug-likeness (QED) is 0.902. The number of rotatable bonds is 5. The predicted octanol–water partition coefficient (Wildman–Crippen LogP) is 3.74. The molecule has 0 spiro atoms. The molecule has 0 atom stereocenters. The van der Waals surface area contributed by atoms with Crippen molar-refractivity contribution in [2.75, 3.05) is 6.54 Å². The van der Waals surface area contributed by atoms with Crippen molar-refractivity contribution in [3.05, 3.63) is 53.0 Å². The van der Waals surface area contributed by atoms with Crippen molar-refractivity contribution in [1.82, 2.24) is 10.3 Å². The normalized spacial score (nSPS) is 10.6. The van der Waals surface area contributed by atoms with Crippen LogP contribution in [0.4, 0.5) is 4.39 Å². The monoisotopic (exact) mass is 274 g/mol. The van der Waals surface area contributed by atoms with E-state index >= 15 is 0 Å². The Balaban J connectivity index is 2.24. The van der Waals surface area contributed by atoms with Gasteiger partial charge in [0.1, 0.15) is 0 Å². The number of halogens is 1. The number of hydrogen-bond acceptors (Lipinski definition) is 3. The van der Waals surface area contributed by atoms with E-state index in [4.69, 9.17) is 4.74 Å². The Hall–Kier alpha value is -1.94. The van der Waals surface area contributed by atoms with Gasteiger partial charge >= 0.3 is 0 Å². The molecular weight excluding hydrogens is 255 g/mol. The summed E-state index contributed by atoms with van der Waals surface area (Å²) < 4.78 is 19.3. The van der Waals surface area contributed by atoms with Crippen molar-refractivity contribution in [2.24, 2.45) is 0 Å². The smallest absolute Gasteiger partial charge is 0.219 e. The minimum atomic E-state index is -0.382. The Morgan fingerprint density at radius 1 is 1.20 bits per heavy atom. The lowest BCUT2D eigenvalue weighted by molar-refractivity contribution is 0.425. The maximum Gasteiger partial charge on any atom is 0.219 e. The van der Waals surface area contributed by atoms with E-state index in [0.29, 0.717) is 5.88 Å². The highest BCUT2D eigenvalue weighted by Crippen LogP contribution is 2.25. The third-order valence-corrected chi connectivity index (χ3v) is 2.87. The van der Waals surface area contributed by atoms with Gasteiger partial charge in [-0.1, -0.05) is 13.0 Å². The fourth-order valence-electron chi connectivity index (χ4n) is 1.93. The van der Waals surface area contributed by atoms with Crippen LogP contribution in [0, 0.1) is 19.7 Å². The van der Waals surface area contributed by atoms with E-state index < -0.39 is 0 Å². The summed E-state index contributed by atoms with van der Waals surface area (Å²) in [6.07, 6.45) is 0. The molecule has 3 nitrogen and oxygen atoms in total. The van der Waals surface area contributed by atoms with E-state index in [-0.39, 0.29) is 11.6 Å². The zero-order valence-corrected chi connectivity index (χ0v) is 12.0. The number of aromatic nitrogens is 1. The maximum atomic E-state index is 13.7. The summed E-state index contributed by atoms with van der Waals surface area (Å²) in [6.45, 7) is 7.48. The van der Waals surface area contributed by atoms with Crippen molar-refractivity contribution in [2.45, 2.75) is 27.3 Å². The topological polar surface area (TPSA) is 34.2 Å². The summed E-state index contributed by atoms with van der Waals surface area (Å²) in [5, 5.41) is 3.25. The van der Waals surface area contributed by atoms with Crippen molar-refractivity contribution in [3.8, 4) is 11.6 Å². The average Bonchev–Trinajstić information content (AvgIpc) is 2.40. The van der Waals surface area contributed by atoms with E-state index in [2.05, 4.69) is 10.3 Å². The van der Waals surface area contributed by atoms with Gasteiger partial charge in [-0.25, -0.2) is 9.37 Å². The number of nitrogens with one attached hydrogen (secondary N) is 1. The molecular formula is C16H19FN2O. The molecule has 4 heteroatoms. The van der Waals surface area contributed by atoms with E-state index in [9.17, 15) is 4.39 Å². The molecule has 0 saturated heterocycles. The van der Waals surface area contributed by atoms with Gasteiger partial charge in [0.15, 0.2) is 11.6 Å². The van der Waals surface area contributed by atoms with Gasteiger partial charge in [0.2, 0.25) is 5.88 Å². The minimum Gasteiger partial charge on any atom is -0.436 e. The van der Waals surface area contributed by atoms with Crippen LogP contribution < -0.4 is 10.1 Å². The van der Waals surface area contributed by atoms with Gasteiger partial charge in [-0.05, 0) is 49.7 Å². The number of pyridine rings is 1. The molecule has 0 unspecified atom stereocenters. The molecule has 0 radical (unpaired) electrons. The Bertz CT molecular complexity index is 599. The first-order valence-electron chi connectivity index (χ1n) is 6.70. The van der Waals surface area contributed by atoms with Gasteiger partial charge in [0.25, 0.3) is 0 Å². The van der Waals surface area contributed by atoms with Crippen LogP contribution in [0.15, 0.2) is 30.3 Å². The van der Waals surface area contributed by atoms with Crippen molar-refractivity contribution < 1.29 is 9.13 Å². The third kappa shape index (κ3) is 3.78. The first-order chi connectivity index (χ1) is 9.58. The summed E-state index contributed by atoms with van der Waals surface area (Å²) in [5.41, 5.74) is 2.87. The average molecular weight is 274 g/mol. The second-order valence-electron chi connectivity index (χ2n) is 4.77. The van der Waals surface area contributed by atoms with Crippen molar-refractivity contribution in [1.29, 1.82) is 0 Å². The molecule has 1 heterocycles. The molecule has 1 N–H and O–H groups in total. The second-order valence-corrected chi connectivity index (χ2v) is 4.77. The Morgan fingerprint density at radius 2 is 2.00 bits per heavy atom. The van der Waals surface area contributed by atoms with Gasteiger partial charge in [0.05, 0.1) is 0 Å². The fourth-order valence-corrected chi connectivity index (χ4v) is 1.93. The summed E-state index contributed by atoms with van der Waals surface area (Å²) >= 11 is 0. The predicted molar refractivity (Wildman–Crippen MR) is 77.6 cm³/mol. The van der Waals surface area contributed by atoms with Crippen LogP contribution in [0.2, 0.25) is 0 Å². The van der Waals surface area contributed by atoms with E-state index in [0.717, 1.165) is 29.9 Å². The molecule has 0 aliphatic rings. The molecule has 1 aromatic carbocycles. The lowest BCUT2D eigenvalue weighted by atomic mass is 10.2. The van der Waals surface area contributed by atoms with E-state index in [1.54, 1.807) is 12.1 Å². The number of benzene rings is 1. The highest BCUT2D eigenvalue weighted by molar-refractivity contribution is 5.34. The number of nitrogens with zero attached hydrogens (tertiary/aromatic N) is 1. The first-order valence-corrected chi connectivity index (χ1v) is 6.70. The fraction of sp³-hybridized carbons (Fsp3) is 0.312. The zero-order valence-electron chi connectivity index (χ0n) is 12.0. The van der Waals surface area contributed by atoms with Crippen LogP contribution >= 0.6 is 0 Å². The minimum absolute atomic E-state index is 0.206. The van der Waals surface area contributed by atoms with Crippen LogP contribution in [0.25, 0.3) is 0 Å². The van der Waals surface area contributed by atoms with Crippen LogP contribution in [0.1, 0.15) is 23.7 Å². The molecule has 0 aliphatic carbocycles. The Morgan fingerprint density at radius 3 is 2.75 bits per heavy atom. The van der Waals surface area contributed by atoms with Gasteiger partial charge in [-0.3, -0.25) is 0 Å². The summed E-state index contributed by atoms with van der Waals surface area (Å²) in [4.78, 5) is 4.29. The van der Waals surface area contributed by atoms with E-state index in [1.165, 1.54) is 6.07 Å². The first kappa shape index (κ1) is 14.5. The zero-order chi connectivity index (χ0) is 14.5. The SMILES string of the molecule is CCNCc1cc(C)nc(Oc2cc(C)ccc2F)c1. The molecule has 20 heavy (non-hydrogen) atoms. The molecule has 0 aliphatic heterocycles. The van der Waals surface area contributed by atoms with Crippen molar-refractivity contribution >= 4 is 0 Å². The van der Waals surface area contributed by atoms with Crippen molar-refractivity contribution in [3.63, 3.8) is 0 Å².